The van der Waals surface area contributed by atoms with E-state index in [1.807, 2.05) is 0 Å². The first kappa shape index (κ1) is 16.1. The molecule has 0 aliphatic carbocycles. The van der Waals surface area contributed by atoms with E-state index in [2.05, 4.69) is 5.32 Å². The van der Waals surface area contributed by atoms with Crippen LogP contribution in [-0.4, -0.2) is 51.2 Å². The fraction of sp³-hybridized carbons (Fsp3) is 0.538. The summed E-state index contributed by atoms with van der Waals surface area (Å²) >= 11 is 0. The molecule has 1 fully saturated rings. The number of rotatable bonds is 3. The second kappa shape index (κ2) is 6.24. The summed E-state index contributed by atoms with van der Waals surface area (Å²) in [6.45, 7) is 3.31. The molecule has 1 aromatic rings. The number of nitrogens with one attached hydrogen (secondary N) is 2. The summed E-state index contributed by atoms with van der Waals surface area (Å²) < 4.78 is 5.43. The zero-order chi connectivity index (χ0) is 15.7. The maximum Gasteiger partial charge on any atom is 0.164 e. The van der Waals surface area contributed by atoms with Crippen molar-refractivity contribution >= 4 is 11.4 Å². The zero-order valence-electron chi connectivity index (χ0n) is 11.7. The molecule has 1 saturated heterocycles. The highest BCUT2D eigenvalue weighted by Crippen LogP contribution is 2.25. The van der Waals surface area contributed by atoms with Gasteiger partial charge in [-0.25, -0.2) is 5.21 Å². The Morgan fingerprint density at radius 2 is 1.86 bits per heavy atom. The van der Waals surface area contributed by atoms with Gasteiger partial charge in [-0.05, 0) is 25.5 Å². The Bertz CT molecular complexity index is 498. The van der Waals surface area contributed by atoms with Crippen molar-refractivity contribution in [2.24, 2.45) is 0 Å². The van der Waals surface area contributed by atoms with Crippen LogP contribution >= 0.6 is 0 Å². The van der Waals surface area contributed by atoms with E-state index in [1.54, 1.807) is 19.9 Å². The highest BCUT2D eigenvalue weighted by atomic mass is 16.8. The van der Waals surface area contributed by atoms with Crippen LogP contribution in [0.5, 0.6) is 0 Å². The quantitative estimate of drug-likeness (QED) is 0.380. The molecule has 0 bridgehead atoms. The summed E-state index contributed by atoms with van der Waals surface area (Å²) in [5.41, 5.74) is 1.41. The molecule has 1 heterocycles. The summed E-state index contributed by atoms with van der Waals surface area (Å²) in [5, 5.41) is 51.0. The highest BCUT2D eigenvalue weighted by molar-refractivity contribution is 5.55. The lowest BCUT2D eigenvalue weighted by Crippen LogP contribution is -2.99. The number of benzene rings is 1. The maximum atomic E-state index is 10.9. The normalized spacial score (nSPS) is 34.5. The number of aliphatic hydroxyl groups is 3. The number of aryl methyl sites for hydroxylation is 1. The standard InChI is InChI=1S/C13H20N2O6/c1-6-5-8(15(19)20)3-4-9(6)14-13-12(18)11(17)10(16)7(2)21-13/h3-5,7,10-19H,1-2H3/t7-,10-,11+,12+,13+/m0/s1. The van der Waals surface area contributed by atoms with Gasteiger partial charge in [-0.15, -0.1) is 0 Å². The highest BCUT2D eigenvalue weighted by Gasteiger charge is 2.41. The van der Waals surface area contributed by atoms with E-state index in [9.17, 15) is 20.5 Å². The molecule has 8 heteroatoms. The predicted octanol–water partition coefficient (Wildman–Crippen LogP) is -1.36. The van der Waals surface area contributed by atoms with Crippen LogP contribution in [0.15, 0.2) is 18.2 Å². The van der Waals surface area contributed by atoms with E-state index < -0.39 is 35.9 Å². The molecule has 8 nitrogen and oxygen atoms in total. The first-order valence-corrected chi connectivity index (χ1v) is 6.61. The minimum absolute atomic E-state index is 0.159. The molecule has 1 unspecified atom stereocenters. The second-order valence-electron chi connectivity index (χ2n) is 5.21. The Balaban J connectivity index is 2.14. The van der Waals surface area contributed by atoms with Crippen molar-refractivity contribution in [2.45, 2.75) is 44.5 Å². The van der Waals surface area contributed by atoms with E-state index in [4.69, 9.17) is 9.94 Å². The summed E-state index contributed by atoms with van der Waals surface area (Å²) in [4.78, 5) is 0. The molecule has 0 amide bonds. The van der Waals surface area contributed by atoms with Crippen LogP contribution in [0.3, 0.4) is 0 Å². The Morgan fingerprint density at radius 3 is 2.43 bits per heavy atom. The minimum atomic E-state index is -1.31. The van der Waals surface area contributed by atoms with Crippen molar-refractivity contribution in [2.75, 3.05) is 5.32 Å². The SMILES string of the molecule is Cc1cc([NH+]([O-])O)ccc1N[C@@H]1O[C@@H](C)[C@H](O)[C@@H](O)[C@H]1O. The van der Waals surface area contributed by atoms with Crippen molar-refractivity contribution in [3.05, 3.63) is 29.0 Å². The van der Waals surface area contributed by atoms with Crippen LogP contribution in [0.4, 0.5) is 11.4 Å². The number of ether oxygens (including phenoxy) is 1. The van der Waals surface area contributed by atoms with Crippen molar-refractivity contribution in [1.29, 1.82) is 0 Å². The zero-order valence-corrected chi connectivity index (χ0v) is 11.7. The molecule has 0 saturated carbocycles. The van der Waals surface area contributed by atoms with E-state index in [0.717, 1.165) is 0 Å². The van der Waals surface area contributed by atoms with Gasteiger partial charge in [0.15, 0.2) is 11.9 Å². The molecule has 0 radical (unpaired) electrons. The lowest BCUT2D eigenvalue weighted by Gasteiger charge is -2.40. The average Bonchev–Trinajstić information content (AvgIpc) is 2.44. The third-order valence-corrected chi connectivity index (χ3v) is 3.62. The van der Waals surface area contributed by atoms with Gasteiger partial charge < -0.3 is 30.6 Å². The van der Waals surface area contributed by atoms with Crippen LogP contribution in [-0.2, 0) is 4.74 Å². The fourth-order valence-electron chi connectivity index (χ4n) is 2.28. The molecule has 0 spiro atoms. The largest absolute Gasteiger partial charge is 0.595 e. The van der Waals surface area contributed by atoms with Gasteiger partial charge in [-0.2, -0.15) is 5.23 Å². The molecule has 21 heavy (non-hydrogen) atoms. The van der Waals surface area contributed by atoms with Crippen molar-refractivity contribution in [3.8, 4) is 0 Å². The number of anilines is 1. The monoisotopic (exact) mass is 300 g/mol. The van der Waals surface area contributed by atoms with Gasteiger partial charge in [0, 0.05) is 17.8 Å². The van der Waals surface area contributed by atoms with Gasteiger partial charge in [0.1, 0.15) is 18.3 Å². The third-order valence-electron chi connectivity index (χ3n) is 3.62. The lowest BCUT2D eigenvalue weighted by atomic mass is 9.99. The Kier molecular flexibility index (Phi) is 4.79. The minimum Gasteiger partial charge on any atom is -0.595 e. The second-order valence-corrected chi connectivity index (χ2v) is 5.21. The van der Waals surface area contributed by atoms with Crippen molar-refractivity contribution in [3.63, 3.8) is 0 Å². The van der Waals surface area contributed by atoms with Gasteiger partial charge in [-0.3, -0.25) is 0 Å². The molecular formula is C13H20N2O6. The Morgan fingerprint density at radius 1 is 1.19 bits per heavy atom. The Labute approximate surface area is 121 Å². The van der Waals surface area contributed by atoms with Crippen LogP contribution < -0.4 is 10.5 Å². The summed E-state index contributed by atoms with van der Waals surface area (Å²) in [6.07, 6.45) is -5.31. The number of hydrogen-bond acceptors (Lipinski definition) is 7. The van der Waals surface area contributed by atoms with Crippen LogP contribution in [0, 0.1) is 12.1 Å². The number of quaternary nitrogens is 1. The molecule has 1 aliphatic heterocycles. The number of hydrogen-bond donors (Lipinski definition) is 6. The summed E-state index contributed by atoms with van der Waals surface area (Å²) in [5.74, 6) is 0. The van der Waals surface area contributed by atoms with Gasteiger partial charge in [0.2, 0.25) is 0 Å². The predicted molar refractivity (Wildman–Crippen MR) is 72.9 cm³/mol. The van der Waals surface area contributed by atoms with Gasteiger partial charge >= 0.3 is 0 Å². The molecule has 6 N–H and O–H groups in total. The van der Waals surface area contributed by atoms with E-state index in [1.165, 1.54) is 12.1 Å². The first-order chi connectivity index (χ1) is 9.81. The van der Waals surface area contributed by atoms with Crippen LogP contribution in [0.1, 0.15) is 12.5 Å². The first-order valence-electron chi connectivity index (χ1n) is 6.61. The smallest absolute Gasteiger partial charge is 0.164 e. The average molecular weight is 300 g/mol. The van der Waals surface area contributed by atoms with Gasteiger partial charge in [0.25, 0.3) is 0 Å². The van der Waals surface area contributed by atoms with E-state index >= 15 is 0 Å². The van der Waals surface area contributed by atoms with Gasteiger partial charge in [0.05, 0.1) is 6.10 Å². The van der Waals surface area contributed by atoms with Crippen LogP contribution in [0.25, 0.3) is 0 Å². The summed E-state index contributed by atoms with van der Waals surface area (Å²) in [7, 11) is 0. The lowest BCUT2D eigenvalue weighted by molar-refractivity contribution is -0.991. The van der Waals surface area contributed by atoms with Crippen LogP contribution in [0.2, 0.25) is 0 Å². The summed E-state index contributed by atoms with van der Waals surface area (Å²) in [6, 6.07) is 4.49. The molecule has 2 rings (SSSR count). The number of aliphatic hydroxyl groups excluding tert-OH is 3. The van der Waals surface area contributed by atoms with Gasteiger partial charge in [-0.1, -0.05) is 0 Å². The van der Waals surface area contributed by atoms with Crippen molar-refractivity contribution in [1.82, 2.24) is 0 Å². The van der Waals surface area contributed by atoms with Crippen molar-refractivity contribution < 1.29 is 30.5 Å². The Hall–Kier alpha value is -1.26. The van der Waals surface area contributed by atoms with E-state index in [0.29, 0.717) is 11.3 Å². The molecule has 0 aromatic heterocycles. The maximum absolute atomic E-state index is 10.9. The molecule has 118 valence electrons. The molecule has 1 aromatic carbocycles. The third kappa shape index (κ3) is 3.33. The van der Waals surface area contributed by atoms with E-state index in [-0.39, 0.29) is 5.69 Å². The fourth-order valence-corrected chi connectivity index (χ4v) is 2.28. The molecule has 6 atom stereocenters. The molecular weight excluding hydrogens is 280 g/mol. The molecule has 1 aliphatic rings. The topological polar surface area (TPSA) is 130 Å².